The van der Waals surface area contributed by atoms with E-state index in [1.54, 1.807) is 7.11 Å². The average Bonchev–Trinajstić information content (AvgIpc) is 3.22. The van der Waals surface area contributed by atoms with Gasteiger partial charge in [0.25, 0.3) is 20.2 Å². The Morgan fingerprint density at radius 2 is 0.871 bits per heavy atom. The molecular weight excluding hydrogens is 876 g/mol. The maximum Gasteiger partial charge on any atom is 0.270 e. The summed E-state index contributed by atoms with van der Waals surface area (Å²) in [6.07, 6.45) is 5.63. The molecule has 6 aliphatic carbocycles. The van der Waals surface area contributed by atoms with E-state index in [1.165, 1.54) is 33.5 Å². The fraction of sp³-hybridized carbons (Fsp3) is 1.00. The van der Waals surface area contributed by atoms with Gasteiger partial charge in [-0.1, -0.05) is 32.1 Å². The maximum absolute atomic E-state index is 11.7. The van der Waals surface area contributed by atoms with Gasteiger partial charge in [-0.05, 0) is 83.0 Å². The van der Waals surface area contributed by atoms with Gasteiger partial charge in [0.05, 0.1) is 67.1 Å². The zero-order chi connectivity index (χ0) is 46.1. The lowest BCUT2D eigenvalue weighted by Crippen LogP contribution is -2.55. The molecule has 6 rings (SSSR count). The van der Waals surface area contributed by atoms with E-state index in [0.29, 0.717) is 18.8 Å². The molecule has 366 valence electrons. The summed E-state index contributed by atoms with van der Waals surface area (Å²) in [5, 5.41) is 79.8. The summed E-state index contributed by atoms with van der Waals surface area (Å²) in [5.41, 5.74) is 0. The van der Waals surface area contributed by atoms with E-state index in [1.807, 2.05) is 0 Å². The van der Waals surface area contributed by atoms with Crippen LogP contribution in [0.3, 0.4) is 0 Å². The van der Waals surface area contributed by atoms with Crippen LogP contribution in [0.5, 0.6) is 0 Å². The monoisotopic (exact) mass is 952 g/mol. The molecule has 62 heavy (non-hydrogen) atoms. The number of ether oxygens (including phenoxy) is 3. The number of hydrogen-bond acceptors (Lipinski definition) is 15. The van der Waals surface area contributed by atoms with Gasteiger partial charge in [0.2, 0.25) is 0 Å². The molecule has 0 bridgehead atoms. The van der Waals surface area contributed by atoms with Crippen molar-refractivity contribution in [3.63, 3.8) is 0 Å². The van der Waals surface area contributed by atoms with Crippen molar-refractivity contribution < 1.29 is 81.0 Å². The second-order valence-corrected chi connectivity index (χ2v) is 22.9. The minimum absolute atomic E-state index is 0.0579. The highest BCUT2D eigenvalue weighted by Gasteiger charge is 2.51. The molecule has 0 spiro atoms. The van der Waals surface area contributed by atoms with E-state index in [2.05, 4.69) is 0 Å². The standard InChI is InChI=1S/C15H28O11S2.C14H26O4.C13H23ClO2/c1-25-11-5-9(16)7(3-13(11)27(19,20)21)15(18)8-4-14(28(22,23)24)12(26-2)6-10(8)17;1-18-9-6-7-11(13(16)8-9)14(17)10-4-2-3-5-12(10)15;14-10-6-7-11(12(15)8-10)13(16)9-4-2-1-3-5-9/h7-18H,3-6H2,1-2H3,(H,19,20,21)(H,22,23,24);9-17H,2-8H2,1H3;9-13,15-16H,1-8H2. The summed E-state index contributed by atoms with van der Waals surface area (Å²) in [5.74, 6) is -1.79. The quantitative estimate of drug-likeness (QED) is 0.105. The molecule has 6 fully saturated rings. The van der Waals surface area contributed by atoms with E-state index in [4.69, 9.17) is 25.8 Å². The van der Waals surface area contributed by atoms with Gasteiger partial charge in [-0.15, -0.1) is 11.6 Å². The van der Waals surface area contributed by atoms with Crippen molar-refractivity contribution in [1.29, 1.82) is 0 Å². The van der Waals surface area contributed by atoms with Gasteiger partial charge in [0, 0.05) is 69.1 Å². The Balaban J connectivity index is 0.000000215. The van der Waals surface area contributed by atoms with Crippen molar-refractivity contribution in [1.82, 2.24) is 0 Å². The second-order valence-electron chi connectivity index (χ2n) is 19.0. The highest BCUT2D eigenvalue weighted by atomic mass is 35.5. The molecular formula is C42H77ClO17S2. The van der Waals surface area contributed by atoms with Crippen LogP contribution in [0.2, 0.25) is 0 Å². The van der Waals surface area contributed by atoms with Gasteiger partial charge in [0.1, 0.15) is 10.5 Å². The van der Waals surface area contributed by atoms with Crippen molar-refractivity contribution in [2.45, 2.75) is 205 Å². The second kappa shape index (κ2) is 24.6. The van der Waals surface area contributed by atoms with Crippen molar-refractivity contribution in [2.24, 2.45) is 35.5 Å². The Labute approximate surface area is 373 Å². The fourth-order valence-corrected chi connectivity index (χ4v) is 13.9. The van der Waals surface area contributed by atoms with Crippen molar-refractivity contribution in [3.8, 4) is 0 Å². The van der Waals surface area contributed by atoms with Crippen LogP contribution in [0, 0.1) is 35.5 Å². The van der Waals surface area contributed by atoms with Gasteiger partial charge in [0.15, 0.2) is 0 Å². The molecule has 0 radical (unpaired) electrons. The predicted molar refractivity (Wildman–Crippen MR) is 229 cm³/mol. The fourth-order valence-electron chi connectivity index (χ4n) is 11.4. The molecule has 10 N–H and O–H groups in total. The Hall–Kier alpha value is -0.330. The van der Waals surface area contributed by atoms with Crippen LogP contribution in [0.25, 0.3) is 0 Å². The third kappa shape index (κ3) is 14.6. The normalized spacial score (nSPS) is 41.6. The first kappa shape index (κ1) is 54.3. The first-order valence-electron chi connectivity index (χ1n) is 22.7. The van der Waals surface area contributed by atoms with Gasteiger partial charge in [-0.25, -0.2) is 0 Å². The number of hydrogen-bond donors (Lipinski definition) is 10. The van der Waals surface area contributed by atoms with Crippen molar-refractivity contribution in [2.75, 3.05) is 21.3 Å². The van der Waals surface area contributed by atoms with E-state index < -0.39 is 97.5 Å². The van der Waals surface area contributed by atoms with Gasteiger partial charge in [-0.2, -0.15) is 16.8 Å². The molecule has 18 atom stereocenters. The lowest BCUT2D eigenvalue weighted by atomic mass is 9.71. The zero-order valence-electron chi connectivity index (χ0n) is 36.5. The minimum Gasteiger partial charge on any atom is -0.393 e. The molecule has 0 aromatic heterocycles. The summed E-state index contributed by atoms with van der Waals surface area (Å²) in [4.78, 5) is 0. The number of halogens is 1. The highest BCUT2D eigenvalue weighted by Crippen LogP contribution is 2.41. The lowest BCUT2D eigenvalue weighted by Gasteiger charge is -2.45. The summed E-state index contributed by atoms with van der Waals surface area (Å²) in [6, 6.07) is 0. The maximum atomic E-state index is 11.7. The number of aliphatic hydroxyl groups is 8. The van der Waals surface area contributed by atoms with E-state index >= 15 is 0 Å². The van der Waals surface area contributed by atoms with Gasteiger partial charge < -0.3 is 55.1 Å². The summed E-state index contributed by atoms with van der Waals surface area (Å²) in [6.45, 7) is 0. The Kier molecular flexibility index (Phi) is 21.6. The average molecular weight is 954 g/mol. The first-order chi connectivity index (χ1) is 29.1. The van der Waals surface area contributed by atoms with Crippen molar-refractivity contribution in [3.05, 3.63) is 0 Å². The number of rotatable bonds is 11. The Bertz CT molecular complexity index is 1480. The number of aliphatic hydroxyl groups excluding tert-OH is 8. The molecule has 0 aromatic rings. The topological polar surface area (TPSA) is 298 Å². The van der Waals surface area contributed by atoms with Gasteiger partial charge in [-0.3, -0.25) is 9.11 Å². The third-order valence-electron chi connectivity index (χ3n) is 15.2. The predicted octanol–water partition coefficient (Wildman–Crippen LogP) is 2.20. The largest absolute Gasteiger partial charge is 0.393 e. The van der Waals surface area contributed by atoms with Crippen LogP contribution in [0.15, 0.2) is 0 Å². The minimum atomic E-state index is -4.53. The zero-order valence-corrected chi connectivity index (χ0v) is 38.9. The van der Waals surface area contributed by atoms with E-state index in [0.717, 1.165) is 64.2 Å². The molecule has 6 aliphatic rings. The van der Waals surface area contributed by atoms with Crippen LogP contribution in [-0.2, 0) is 34.4 Å². The molecule has 0 aromatic carbocycles. The van der Waals surface area contributed by atoms with Crippen LogP contribution in [-0.4, -0.2) is 171 Å². The molecule has 0 aliphatic heterocycles. The number of alkyl halides is 1. The molecule has 0 heterocycles. The smallest absolute Gasteiger partial charge is 0.270 e. The van der Waals surface area contributed by atoms with Crippen LogP contribution < -0.4 is 0 Å². The first-order valence-corrected chi connectivity index (χ1v) is 26.2. The Morgan fingerprint density at radius 3 is 1.32 bits per heavy atom. The van der Waals surface area contributed by atoms with Crippen LogP contribution >= 0.6 is 11.6 Å². The highest BCUT2D eigenvalue weighted by molar-refractivity contribution is 7.86. The summed E-state index contributed by atoms with van der Waals surface area (Å²) in [7, 11) is -4.93. The van der Waals surface area contributed by atoms with Crippen molar-refractivity contribution >= 4 is 31.8 Å². The van der Waals surface area contributed by atoms with Gasteiger partial charge >= 0.3 is 0 Å². The molecule has 18 unspecified atom stereocenters. The lowest BCUT2D eigenvalue weighted by molar-refractivity contribution is -0.113. The number of methoxy groups -OCH3 is 3. The summed E-state index contributed by atoms with van der Waals surface area (Å²) < 4.78 is 80.9. The molecule has 20 heteroatoms. The molecule has 0 saturated heterocycles. The molecule has 0 amide bonds. The molecule has 6 saturated carbocycles. The van der Waals surface area contributed by atoms with Crippen LogP contribution in [0.1, 0.15) is 122 Å². The van der Waals surface area contributed by atoms with E-state index in [-0.39, 0.29) is 61.0 Å². The Morgan fingerprint density at radius 1 is 0.452 bits per heavy atom. The van der Waals surface area contributed by atoms with E-state index in [9.17, 15) is 66.8 Å². The van der Waals surface area contributed by atoms with Crippen LogP contribution in [0.4, 0.5) is 0 Å². The SMILES string of the molecule is COC1CC(O)C(C(O)C2CC(S(=O)(=O)O)C(OC)CC2O)CC1S(=O)(=O)O.COC1CCC(C(O)C2CCCCC2O)C(O)C1.OC1CC(Cl)CCC1C(O)C1CCCCC1. The third-order valence-corrected chi connectivity index (χ3v) is 18.1. The summed E-state index contributed by atoms with van der Waals surface area (Å²) >= 11 is 6.03. The molecule has 17 nitrogen and oxygen atoms in total.